The molecule has 6 heteroatoms. The van der Waals surface area contributed by atoms with Crippen molar-refractivity contribution in [2.75, 3.05) is 17.2 Å². The van der Waals surface area contributed by atoms with Crippen LogP contribution >= 0.6 is 15.9 Å². The molecule has 0 spiro atoms. The second-order valence-electron chi connectivity index (χ2n) is 4.49. The summed E-state index contributed by atoms with van der Waals surface area (Å²) in [5, 5.41) is 5.40. The highest BCUT2D eigenvalue weighted by Gasteiger charge is 2.09. The summed E-state index contributed by atoms with van der Waals surface area (Å²) in [5.41, 5.74) is 1.20. The van der Waals surface area contributed by atoms with Gasteiger partial charge in [0.25, 0.3) is 5.91 Å². The minimum Gasteiger partial charge on any atom is -0.482 e. The number of carbonyl (C=O) groups is 2. The highest BCUT2D eigenvalue weighted by atomic mass is 79.9. The van der Waals surface area contributed by atoms with Gasteiger partial charge in [0.1, 0.15) is 5.75 Å². The molecular weight excluding hydrogens is 348 g/mol. The highest BCUT2D eigenvalue weighted by molar-refractivity contribution is 9.10. The first-order valence-electron chi connectivity index (χ1n) is 6.60. The lowest BCUT2D eigenvalue weighted by Gasteiger charge is -2.12. The van der Waals surface area contributed by atoms with E-state index in [2.05, 4.69) is 26.6 Å². The summed E-state index contributed by atoms with van der Waals surface area (Å²) in [6, 6.07) is 14.3. The predicted molar refractivity (Wildman–Crippen MR) is 89.0 cm³/mol. The third-order valence-corrected chi connectivity index (χ3v) is 3.40. The van der Waals surface area contributed by atoms with E-state index in [9.17, 15) is 9.59 Å². The minimum atomic E-state index is -0.287. The number of para-hydroxylation sites is 3. The fourth-order valence-corrected chi connectivity index (χ4v) is 2.16. The molecule has 5 nitrogen and oxygen atoms in total. The molecule has 0 bridgehead atoms. The molecule has 2 rings (SSSR count). The van der Waals surface area contributed by atoms with Gasteiger partial charge in [-0.2, -0.15) is 0 Å². The lowest BCUT2D eigenvalue weighted by molar-refractivity contribution is -0.118. The lowest BCUT2D eigenvalue weighted by atomic mass is 10.3. The number of benzene rings is 2. The lowest BCUT2D eigenvalue weighted by Crippen LogP contribution is -2.21. The average Bonchev–Trinajstić information content (AvgIpc) is 2.48. The zero-order valence-electron chi connectivity index (χ0n) is 11.9. The van der Waals surface area contributed by atoms with Gasteiger partial charge in [-0.05, 0) is 40.2 Å². The first-order chi connectivity index (χ1) is 10.6. The third-order valence-electron chi connectivity index (χ3n) is 2.70. The Labute approximate surface area is 136 Å². The number of hydrogen-bond acceptors (Lipinski definition) is 3. The Morgan fingerprint density at radius 2 is 1.64 bits per heavy atom. The maximum Gasteiger partial charge on any atom is 0.262 e. The normalized spacial score (nSPS) is 9.91. The van der Waals surface area contributed by atoms with Crippen LogP contribution < -0.4 is 15.4 Å². The predicted octanol–water partition coefficient (Wildman–Crippen LogP) is 3.43. The molecule has 2 aromatic rings. The van der Waals surface area contributed by atoms with Crippen molar-refractivity contribution in [2.45, 2.75) is 6.92 Å². The van der Waals surface area contributed by atoms with Gasteiger partial charge in [0.15, 0.2) is 6.61 Å². The molecule has 0 fully saturated rings. The largest absolute Gasteiger partial charge is 0.482 e. The fourth-order valence-electron chi connectivity index (χ4n) is 1.78. The molecule has 2 aromatic carbocycles. The van der Waals surface area contributed by atoms with Crippen LogP contribution in [-0.4, -0.2) is 18.4 Å². The van der Waals surface area contributed by atoms with Crippen LogP contribution in [0.2, 0.25) is 0 Å². The average molecular weight is 363 g/mol. The van der Waals surface area contributed by atoms with Gasteiger partial charge in [-0.1, -0.05) is 24.3 Å². The quantitative estimate of drug-likeness (QED) is 0.855. The van der Waals surface area contributed by atoms with Gasteiger partial charge < -0.3 is 15.4 Å². The Morgan fingerprint density at radius 3 is 2.32 bits per heavy atom. The van der Waals surface area contributed by atoms with Gasteiger partial charge in [0, 0.05) is 11.4 Å². The van der Waals surface area contributed by atoms with Gasteiger partial charge in [0.2, 0.25) is 5.91 Å². The molecule has 0 unspecified atom stereocenters. The molecular formula is C16H15BrN2O3. The molecule has 22 heavy (non-hydrogen) atoms. The van der Waals surface area contributed by atoms with Crippen molar-refractivity contribution in [2.24, 2.45) is 0 Å². The van der Waals surface area contributed by atoms with Gasteiger partial charge in [-0.25, -0.2) is 0 Å². The van der Waals surface area contributed by atoms with Crippen molar-refractivity contribution in [1.82, 2.24) is 0 Å². The molecule has 0 atom stereocenters. The van der Waals surface area contributed by atoms with Crippen LogP contribution in [0.15, 0.2) is 53.0 Å². The molecule has 2 amide bonds. The van der Waals surface area contributed by atoms with E-state index in [-0.39, 0.29) is 18.4 Å². The van der Waals surface area contributed by atoms with Crippen LogP contribution in [0.1, 0.15) is 6.92 Å². The molecule has 0 aliphatic rings. The zero-order valence-corrected chi connectivity index (χ0v) is 13.5. The van der Waals surface area contributed by atoms with E-state index in [1.807, 2.05) is 18.2 Å². The van der Waals surface area contributed by atoms with Gasteiger partial charge in [0.05, 0.1) is 11.4 Å². The fraction of sp³-hybridized carbons (Fsp3) is 0.125. The van der Waals surface area contributed by atoms with Gasteiger partial charge in [-0.15, -0.1) is 0 Å². The topological polar surface area (TPSA) is 67.4 Å². The summed E-state index contributed by atoms with van der Waals surface area (Å²) in [4.78, 5) is 23.1. The summed E-state index contributed by atoms with van der Waals surface area (Å²) < 4.78 is 6.26. The van der Waals surface area contributed by atoms with E-state index in [1.165, 1.54) is 6.92 Å². The van der Waals surface area contributed by atoms with Crippen LogP contribution in [0.5, 0.6) is 5.75 Å². The summed E-state index contributed by atoms with van der Waals surface area (Å²) in [5.74, 6) is -0.0433. The van der Waals surface area contributed by atoms with E-state index in [4.69, 9.17) is 4.74 Å². The number of ether oxygens (including phenoxy) is 1. The first-order valence-corrected chi connectivity index (χ1v) is 7.39. The number of anilines is 2. The van der Waals surface area contributed by atoms with Crippen molar-refractivity contribution in [3.05, 3.63) is 53.0 Å². The molecule has 0 heterocycles. The number of halogens is 1. The molecule has 0 saturated heterocycles. The van der Waals surface area contributed by atoms with Crippen LogP contribution in [0, 0.1) is 0 Å². The second-order valence-corrected chi connectivity index (χ2v) is 5.35. The summed E-state index contributed by atoms with van der Waals surface area (Å²) in [7, 11) is 0. The van der Waals surface area contributed by atoms with Crippen molar-refractivity contribution >= 4 is 39.1 Å². The molecule has 0 saturated carbocycles. The Morgan fingerprint density at radius 1 is 1.00 bits per heavy atom. The number of amides is 2. The van der Waals surface area contributed by atoms with E-state index < -0.39 is 0 Å². The summed E-state index contributed by atoms with van der Waals surface area (Å²) in [6.07, 6.45) is 0. The Kier molecular flexibility index (Phi) is 5.55. The van der Waals surface area contributed by atoms with E-state index in [1.54, 1.807) is 30.3 Å². The number of hydrogen-bond donors (Lipinski definition) is 2. The van der Waals surface area contributed by atoms with Crippen LogP contribution in [0.3, 0.4) is 0 Å². The van der Waals surface area contributed by atoms with Gasteiger partial charge >= 0.3 is 0 Å². The minimum absolute atomic E-state index is 0.155. The van der Waals surface area contributed by atoms with Crippen molar-refractivity contribution in [1.29, 1.82) is 0 Å². The molecule has 114 valence electrons. The highest BCUT2D eigenvalue weighted by Crippen LogP contribution is 2.24. The Bertz CT molecular complexity index is 689. The van der Waals surface area contributed by atoms with Crippen LogP contribution in [0.4, 0.5) is 11.4 Å². The maximum absolute atomic E-state index is 11.9. The van der Waals surface area contributed by atoms with E-state index >= 15 is 0 Å². The standard InChI is InChI=1S/C16H15BrN2O3/c1-11(20)18-14-8-4-5-9-15(14)22-10-16(21)19-13-7-3-2-6-12(13)17/h2-9H,10H2,1H3,(H,18,20)(H,19,21). The maximum atomic E-state index is 11.9. The molecule has 0 aliphatic heterocycles. The van der Waals surface area contributed by atoms with Crippen molar-refractivity contribution < 1.29 is 14.3 Å². The van der Waals surface area contributed by atoms with E-state index in [0.717, 1.165) is 4.47 Å². The zero-order chi connectivity index (χ0) is 15.9. The number of rotatable bonds is 5. The van der Waals surface area contributed by atoms with Gasteiger partial charge in [-0.3, -0.25) is 9.59 Å². The molecule has 2 N–H and O–H groups in total. The summed E-state index contributed by atoms with van der Waals surface area (Å²) in [6.45, 7) is 1.26. The van der Waals surface area contributed by atoms with Crippen LogP contribution in [-0.2, 0) is 9.59 Å². The second kappa shape index (κ2) is 7.61. The summed E-state index contributed by atoms with van der Waals surface area (Å²) >= 11 is 3.36. The monoisotopic (exact) mass is 362 g/mol. The Hall–Kier alpha value is -2.34. The Balaban J connectivity index is 1.97. The van der Waals surface area contributed by atoms with Crippen molar-refractivity contribution in [3.63, 3.8) is 0 Å². The molecule has 0 radical (unpaired) electrons. The smallest absolute Gasteiger partial charge is 0.262 e. The first kappa shape index (κ1) is 16.0. The third kappa shape index (κ3) is 4.60. The molecule has 0 aliphatic carbocycles. The number of carbonyl (C=O) groups excluding carboxylic acids is 2. The SMILES string of the molecule is CC(=O)Nc1ccccc1OCC(=O)Nc1ccccc1Br. The number of nitrogens with one attached hydrogen (secondary N) is 2. The van der Waals surface area contributed by atoms with Crippen LogP contribution in [0.25, 0.3) is 0 Å². The molecule has 0 aromatic heterocycles. The van der Waals surface area contributed by atoms with E-state index in [0.29, 0.717) is 17.1 Å². The van der Waals surface area contributed by atoms with Crippen molar-refractivity contribution in [3.8, 4) is 5.75 Å².